The lowest BCUT2D eigenvalue weighted by Gasteiger charge is -2.23. The first-order chi connectivity index (χ1) is 7.10. The first-order valence-electron chi connectivity index (χ1n) is 5.56. The molecule has 4 heteroatoms. The lowest BCUT2D eigenvalue weighted by Crippen LogP contribution is -2.41. The minimum absolute atomic E-state index is 0.317. The minimum atomic E-state index is 0.317. The lowest BCUT2D eigenvalue weighted by molar-refractivity contribution is 0.0595. The first kappa shape index (κ1) is 14.8. The Morgan fingerprint density at radius 2 is 2.00 bits per heavy atom. The Kier molecular flexibility index (Phi) is 9.00. The van der Waals surface area contributed by atoms with Crippen LogP contribution in [0.25, 0.3) is 0 Å². The normalized spacial score (nSPS) is 13.8. The maximum absolute atomic E-state index is 5.49. The van der Waals surface area contributed by atoms with Crippen LogP contribution in [0.15, 0.2) is 0 Å². The van der Waals surface area contributed by atoms with Gasteiger partial charge in [-0.15, -0.1) is 0 Å². The topological polar surface area (TPSA) is 33.7 Å². The van der Waals surface area contributed by atoms with Gasteiger partial charge < -0.3 is 19.7 Å². The third kappa shape index (κ3) is 8.81. The molecular weight excluding hydrogens is 192 g/mol. The van der Waals surface area contributed by atoms with Crippen molar-refractivity contribution in [2.45, 2.75) is 26.0 Å². The van der Waals surface area contributed by atoms with Crippen LogP contribution in [0.2, 0.25) is 0 Å². The molecule has 92 valence electrons. The van der Waals surface area contributed by atoms with E-state index in [1.807, 2.05) is 7.05 Å². The van der Waals surface area contributed by atoms with Crippen molar-refractivity contribution in [2.24, 2.45) is 0 Å². The summed E-state index contributed by atoms with van der Waals surface area (Å²) in [6.45, 7) is 7.58. The molecular formula is C11H26N2O2. The zero-order chi connectivity index (χ0) is 11.7. The molecule has 4 nitrogen and oxygen atoms in total. The van der Waals surface area contributed by atoms with Gasteiger partial charge in [-0.3, -0.25) is 0 Å². The fourth-order valence-electron chi connectivity index (χ4n) is 1.34. The van der Waals surface area contributed by atoms with Gasteiger partial charge in [-0.1, -0.05) is 0 Å². The van der Waals surface area contributed by atoms with Gasteiger partial charge in [-0.05, 0) is 27.9 Å². The van der Waals surface area contributed by atoms with Crippen LogP contribution in [0.3, 0.4) is 0 Å². The fraction of sp³-hybridized carbons (Fsp3) is 1.00. The van der Waals surface area contributed by atoms with Crippen LogP contribution in [0.5, 0.6) is 0 Å². The van der Waals surface area contributed by atoms with Crippen molar-refractivity contribution < 1.29 is 9.47 Å². The summed E-state index contributed by atoms with van der Waals surface area (Å²) in [5.41, 5.74) is 0. The van der Waals surface area contributed by atoms with E-state index < -0.39 is 0 Å². The van der Waals surface area contributed by atoms with Gasteiger partial charge in [0, 0.05) is 26.2 Å². The number of rotatable bonds is 9. The predicted octanol–water partition coefficient (Wildman–Crippen LogP) is 0.578. The number of nitrogens with zero attached hydrogens (tertiary/aromatic N) is 1. The van der Waals surface area contributed by atoms with Gasteiger partial charge in [-0.25, -0.2) is 0 Å². The molecule has 0 aromatic heterocycles. The van der Waals surface area contributed by atoms with Crippen molar-refractivity contribution in [2.75, 3.05) is 47.5 Å². The summed E-state index contributed by atoms with van der Waals surface area (Å²) >= 11 is 0. The minimum Gasteiger partial charge on any atom is -0.383 e. The highest BCUT2D eigenvalue weighted by molar-refractivity contribution is 4.67. The molecule has 0 spiro atoms. The third-order valence-corrected chi connectivity index (χ3v) is 2.23. The van der Waals surface area contributed by atoms with E-state index in [4.69, 9.17) is 9.47 Å². The molecule has 0 radical (unpaired) electrons. The fourth-order valence-corrected chi connectivity index (χ4v) is 1.34. The van der Waals surface area contributed by atoms with Crippen molar-refractivity contribution in [1.29, 1.82) is 0 Å². The number of hydrogen-bond donors (Lipinski definition) is 1. The molecule has 0 rings (SSSR count). The van der Waals surface area contributed by atoms with E-state index in [0.717, 1.165) is 26.3 Å². The van der Waals surface area contributed by atoms with Crippen molar-refractivity contribution >= 4 is 0 Å². The molecule has 0 fully saturated rings. The maximum atomic E-state index is 5.49. The SMILES string of the molecule is CNC(COC)CN(C)CCOC(C)C. The summed E-state index contributed by atoms with van der Waals surface area (Å²) in [7, 11) is 5.79. The molecule has 15 heavy (non-hydrogen) atoms. The monoisotopic (exact) mass is 218 g/mol. The molecule has 0 aromatic rings. The smallest absolute Gasteiger partial charge is 0.0628 e. The molecule has 0 aliphatic heterocycles. The molecule has 0 saturated carbocycles. The summed E-state index contributed by atoms with van der Waals surface area (Å²) in [6.07, 6.45) is 0.317. The maximum Gasteiger partial charge on any atom is 0.0628 e. The van der Waals surface area contributed by atoms with E-state index in [1.54, 1.807) is 7.11 Å². The van der Waals surface area contributed by atoms with Crippen molar-refractivity contribution in [3.8, 4) is 0 Å². The van der Waals surface area contributed by atoms with Crippen LogP contribution in [-0.2, 0) is 9.47 Å². The zero-order valence-corrected chi connectivity index (χ0v) is 10.7. The van der Waals surface area contributed by atoms with Crippen LogP contribution in [0.1, 0.15) is 13.8 Å². The van der Waals surface area contributed by atoms with Gasteiger partial charge in [0.15, 0.2) is 0 Å². The summed E-state index contributed by atoms with van der Waals surface area (Å²) in [5.74, 6) is 0. The van der Waals surface area contributed by atoms with E-state index in [1.165, 1.54) is 0 Å². The highest BCUT2D eigenvalue weighted by Crippen LogP contribution is 1.92. The molecule has 0 aliphatic carbocycles. The van der Waals surface area contributed by atoms with Crippen molar-refractivity contribution in [3.63, 3.8) is 0 Å². The standard InChI is InChI=1S/C11H26N2O2/c1-10(2)15-7-6-13(4)8-11(12-3)9-14-5/h10-12H,6-9H2,1-5H3. The Morgan fingerprint density at radius 1 is 1.33 bits per heavy atom. The quantitative estimate of drug-likeness (QED) is 0.614. The van der Waals surface area contributed by atoms with E-state index in [2.05, 4.69) is 31.1 Å². The second-order valence-electron chi connectivity index (χ2n) is 4.12. The molecule has 1 atom stereocenters. The zero-order valence-electron chi connectivity index (χ0n) is 10.7. The van der Waals surface area contributed by atoms with Crippen molar-refractivity contribution in [3.05, 3.63) is 0 Å². The summed E-state index contributed by atoms with van der Waals surface area (Å²) in [4.78, 5) is 2.25. The summed E-state index contributed by atoms with van der Waals surface area (Å²) in [6, 6.07) is 0.388. The Hall–Kier alpha value is -0.160. The predicted molar refractivity (Wildman–Crippen MR) is 63.3 cm³/mol. The molecule has 1 unspecified atom stereocenters. The second kappa shape index (κ2) is 9.09. The number of nitrogens with one attached hydrogen (secondary N) is 1. The number of likely N-dealkylation sites (N-methyl/N-ethyl adjacent to an activating group) is 2. The Balaban J connectivity index is 3.56. The molecule has 0 aromatic carbocycles. The van der Waals surface area contributed by atoms with E-state index in [9.17, 15) is 0 Å². The highest BCUT2D eigenvalue weighted by Gasteiger charge is 2.08. The van der Waals surface area contributed by atoms with E-state index in [0.29, 0.717) is 12.1 Å². The molecule has 0 aliphatic rings. The van der Waals surface area contributed by atoms with Crippen molar-refractivity contribution in [1.82, 2.24) is 10.2 Å². The molecule has 0 heterocycles. The largest absolute Gasteiger partial charge is 0.383 e. The van der Waals surface area contributed by atoms with Crippen LogP contribution in [0, 0.1) is 0 Å². The molecule has 0 saturated heterocycles. The average Bonchev–Trinajstić information content (AvgIpc) is 2.16. The molecule has 1 N–H and O–H groups in total. The van der Waals surface area contributed by atoms with Crippen LogP contribution < -0.4 is 5.32 Å². The van der Waals surface area contributed by atoms with Gasteiger partial charge in [0.05, 0.1) is 19.3 Å². The van der Waals surface area contributed by atoms with Gasteiger partial charge in [0.1, 0.15) is 0 Å². The highest BCUT2D eigenvalue weighted by atomic mass is 16.5. The summed E-state index contributed by atoms with van der Waals surface area (Å²) in [5, 5.41) is 3.23. The van der Waals surface area contributed by atoms with E-state index in [-0.39, 0.29) is 0 Å². The van der Waals surface area contributed by atoms with Gasteiger partial charge >= 0.3 is 0 Å². The Morgan fingerprint density at radius 3 is 2.47 bits per heavy atom. The Labute approximate surface area is 93.9 Å². The lowest BCUT2D eigenvalue weighted by atomic mass is 10.3. The number of ether oxygens (including phenoxy) is 2. The van der Waals surface area contributed by atoms with E-state index >= 15 is 0 Å². The van der Waals surface area contributed by atoms with Crippen LogP contribution in [0.4, 0.5) is 0 Å². The number of hydrogen-bond acceptors (Lipinski definition) is 4. The second-order valence-corrected chi connectivity index (χ2v) is 4.12. The van der Waals surface area contributed by atoms with Gasteiger partial charge in [0.2, 0.25) is 0 Å². The van der Waals surface area contributed by atoms with Gasteiger partial charge in [-0.2, -0.15) is 0 Å². The van der Waals surface area contributed by atoms with Crippen LogP contribution in [-0.4, -0.2) is 64.6 Å². The first-order valence-corrected chi connectivity index (χ1v) is 5.56. The third-order valence-electron chi connectivity index (χ3n) is 2.23. The summed E-state index contributed by atoms with van der Waals surface area (Å²) < 4.78 is 10.6. The molecule has 0 bridgehead atoms. The van der Waals surface area contributed by atoms with Gasteiger partial charge in [0.25, 0.3) is 0 Å². The van der Waals surface area contributed by atoms with Crippen LogP contribution >= 0.6 is 0 Å². The average molecular weight is 218 g/mol. The Bertz CT molecular complexity index is 143. The molecule has 0 amide bonds. The number of methoxy groups -OCH3 is 1.